The standard InChI is InChI=1S/C12H14N2O3/c1-3-6-13-11(16)12(17)14-10-5-4-9(15)7-8(10)2/h3-5,7,15H,1,6H2,2H3,(H,13,16)(H,14,17). The Labute approximate surface area is 99.1 Å². The van der Waals surface area contributed by atoms with Gasteiger partial charge in [-0.3, -0.25) is 9.59 Å². The van der Waals surface area contributed by atoms with Crippen LogP contribution in [0.5, 0.6) is 5.75 Å². The van der Waals surface area contributed by atoms with E-state index in [1.165, 1.54) is 24.3 Å². The van der Waals surface area contributed by atoms with Crippen LogP contribution < -0.4 is 10.6 Å². The average Bonchev–Trinajstić information content (AvgIpc) is 2.29. The summed E-state index contributed by atoms with van der Waals surface area (Å²) in [4.78, 5) is 22.7. The maximum absolute atomic E-state index is 11.4. The molecule has 3 N–H and O–H groups in total. The van der Waals surface area contributed by atoms with Gasteiger partial charge in [0.25, 0.3) is 0 Å². The van der Waals surface area contributed by atoms with Crippen molar-refractivity contribution >= 4 is 17.5 Å². The van der Waals surface area contributed by atoms with Gasteiger partial charge in [-0.1, -0.05) is 6.08 Å². The fourth-order valence-electron chi connectivity index (χ4n) is 1.21. The summed E-state index contributed by atoms with van der Waals surface area (Å²) in [5.74, 6) is -1.37. The Balaban J connectivity index is 2.67. The molecule has 0 atom stereocenters. The molecule has 90 valence electrons. The summed E-state index contributed by atoms with van der Waals surface area (Å²) in [5, 5.41) is 14.0. The number of aromatic hydroxyl groups is 1. The van der Waals surface area contributed by atoms with Gasteiger partial charge in [-0.15, -0.1) is 6.58 Å². The van der Waals surface area contributed by atoms with E-state index in [1.54, 1.807) is 6.92 Å². The zero-order valence-corrected chi connectivity index (χ0v) is 9.49. The highest BCUT2D eigenvalue weighted by Crippen LogP contribution is 2.19. The summed E-state index contributed by atoms with van der Waals surface area (Å²) < 4.78 is 0. The SMILES string of the molecule is C=CCNC(=O)C(=O)Nc1ccc(O)cc1C. The van der Waals surface area contributed by atoms with E-state index < -0.39 is 11.8 Å². The van der Waals surface area contributed by atoms with E-state index in [0.29, 0.717) is 11.3 Å². The van der Waals surface area contributed by atoms with Crippen molar-refractivity contribution in [2.24, 2.45) is 0 Å². The fraction of sp³-hybridized carbons (Fsp3) is 0.167. The van der Waals surface area contributed by atoms with Crippen LogP contribution in [0.15, 0.2) is 30.9 Å². The smallest absolute Gasteiger partial charge is 0.313 e. The quantitative estimate of drug-likeness (QED) is 0.414. The number of phenolic OH excluding ortho intramolecular Hbond substituents is 1. The third-order valence-corrected chi connectivity index (χ3v) is 2.07. The number of benzene rings is 1. The second kappa shape index (κ2) is 5.69. The van der Waals surface area contributed by atoms with Crippen molar-refractivity contribution in [3.8, 4) is 5.75 Å². The molecule has 5 nitrogen and oxygen atoms in total. The summed E-state index contributed by atoms with van der Waals surface area (Å²) in [5.41, 5.74) is 1.16. The molecule has 0 aromatic heterocycles. The molecule has 0 aliphatic carbocycles. The third kappa shape index (κ3) is 3.64. The van der Waals surface area contributed by atoms with Gasteiger partial charge >= 0.3 is 11.8 Å². The number of anilines is 1. The van der Waals surface area contributed by atoms with E-state index in [1.807, 2.05) is 0 Å². The van der Waals surface area contributed by atoms with Gasteiger partial charge in [0, 0.05) is 12.2 Å². The van der Waals surface area contributed by atoms with Crippen LogP contribution in [-0.2, 0) is 9.59 Å². The van der Waals surface area contributed by atoms with E-state index in [2.05, 4.69) is 17.2 Å². The monoisotopic (exact) mass is 234 g/mol. The zero-order valence-electron chi connectivity index (χ0n) is 9.49. The molecular formula is C12H14N2O3. The number of amides is 2. The van der Waals surface area contributed by atoms with Crippen LogP contribution in [0.3, 0.4) is 0 Å². The van der Waals surface area contributed by atoms with Gasteiger partial charge in [0.15, 0.2) is 0 Å². The van der Waals surface area contributed by atoms with Gasteiger partial charge in [-0.05, 0) is 30.7 Å². The lowest BCUT2D eigenvalue weighted by Crippen LogP contribution is -2.35. The topological polar surface area (TPSA) is 78.4 Å². The second-order valence-electron chi connectivity index (χ2n) is 3.45. The number of carbonyl (C=O) groups excluding carboxylic acids is 2. The van der Waals surface area contributed by atoms with Crippen LogP contribution in [0.2, 0.25) is 0 Å². The minimum atomic E-state index is -0.749. The molecule has 2 amide bonds. The van der Waals surface area contributed by atoms with Crippen molar-refractivity contribution in [3.63, 3.8) is 0 Å². The summed E-state index contributed by atoms with van der Waals surface area (Å²) in [7, 11) is 0. The molecule has 0 saturated carbocycles. The van der Waals surface area contributed by atoms with Crippen LogP contribution in [-0.4, -0.2) is 23.5 Å². The van der Waals surface area contributed by atoms with Crippen LogP contribution in [0.1, 0.15) is 5.56 Å². The van der Waals surface area contributed by atoms with E-state index in [9.17, 15) is 14.7 Å². The number of aryl methyl sites for hydroxylation is 1. The summed E-state index contributed by atoms with van der Waals surface area (Å²) in [6.07, 6.45) is 1.48. The molecule has 0 bridgehead atoms. The van der Waals surface area contributed by atoms with Gasteiger partial charge in [0.2, 0.25) is 0 Å². The van der Waals surface area contributed by atoms with E-state index >= 15 is 0 Å². The highest BCUT2D eigenvalue weighted by molar-refractivity contribution is 6.39. The molecule has 0 aliphatic rings. The number of rotatable bonds is 3. The Kier molecular flexibility index (Phi) is 4.28. The number of hydrogen-bond acceptors (Lipinski definition) is 3. The molecular weight excluding hydrogens is 220 g/mol. The van der Waals surface area contributed by atoms with E-state index in [0.717, 1.165) is 0 Å². The van der Waals surface area contributed by atoms with Crippen molar-refractivity contribution in [1.29, 1.82) is 0 Å². The maximum Gasteiger partial charge on any atom is 0.313 e. The average molecular weight is 234 g/mol. The second-order valence-corrected chi connectivity index (χ2v) is 3.45. The van der Waals surface area contributed by atoms with Crippen molar-refractivity contribution in [1.82, 2.24) is 5.32 Å². The fourth-order valence-corrected chi connectivity index (χ4v) is 1.21. The predicted molar refractivity (Wildman–Crippen MR) is 64.7 cm³/mol. The first-order valence-electron chi connectivity index (χ1n) is 5.04. The molecule has 0 spiro atoms. The summed E-state index contributed by atoms with van der Waals surface area (Å²) in [6.45, 7) is 5.38. The first-order valence-corrected chi connectivity index (χ1v) is 5.04. The molecule has 0 saturated heterocycles. The number of nitrogens with one attached hydrogen (secondary N) is 2. The van der Waals surface area contributed by atoms with Crippen LogP contribution in [0.4, 0.5) is 5.69 Å². The first kappa shape index (κ1) is 12.8. The molecule has 0 fully saturated rings. The summed E-state index contributed by atoms with van der Waals surface area (Å²) in [6, 6.07) is 4.46. The van der Waals surface area contributed by atoms with E-state index in [-0.39, 0.29) is 12.3 Å². The third-order valence-electron chi connectivity index (χ3n) is 2.07. The van der Waals surface area contributed by atoms with Crippen molar-refractivity contribution in [3.05, 3.63) is 36.4 Å². The molecule has 1 rings (SSSR count). The van der Waals surface area contributed by atoms with Gasteiger partial charge in [-0.2, -0.15) is 0 Å². The minimum Gasteiger partial charge on any atom is -0.508 e. The predicted octanol–water partition coefficient (Wildman–Crippen LogP) is 0.941. The highest BCUT2D eigenvalue weighted by atomic mass is 16.3. The van der Waals surface area contributed by atoms with Crippen LogP contribution in [0, 0.1) is 6.92 Å². The zero-order chi connectivity index (χ0) is 12.8. The molecule has 0 radical (unpaired) electrons. The van der Waals surface area contributed by atoms with Crippen LogP contribution in [0.25, 0.3) is 0 Å². The number of phenols is 1. The Morgan fingerprint density at radius 1 is 1.41 bits per heavy atom. The van der Waals surface area contributed by atoms with Gasteiger partial charge in [0.1, 0.15) is 5.75 Å². The van der Waals surface area contributed by atoms with Gasteiger partial charge in [-0.25, -0.2) is 0 Å². The normalized spacial score (nSPS) is 9.47. The first-order chi connectivity index (χ1) is 8.04. The maximum atomic E-state index is 11.4. The van der Waals surface area contributed by atoms with Gasteiger partial charge in [0.05, 0.1) is 0 Å². The molecule has 0 aliphatic heterocycles. The Bertz CT molecular complexity index is 455. The lowest BCUT2D eigenvalue weighted by Gasteiger charge is -2.08. The molecule has 1 aromatic rings. The molecule has 17 heavy (non-hydrogen) atoms. The molecule has 0 unspecified atom stereocenters. The number of carbonyl (C=O) groups is 2. The number of hydrogen-bond donors (Lipinski definition) is 3. The Morgan fingerprint density at radius 3 is 2.71 bits per heavy atom. The lowest BCUT2D eigenvalue weighted by molar-refractivity contribution is -0.136. The Hall–Kier alpha value is -2.30. The molecule has 0 heterocycles. The largest absolute Gasteiger partial charge is 0.508 e. The highest BCUT2D eigenvalue weighted by Gasteiger charge is 2.13. The van der Waals surface area contributed by atoms with Crippen molar-refractivity contribution in [2.75, 3.05) is 11.9 Å². The Morgan fingerprint density at radius 2 is 2.12 bits per heavy atom. The van der Waals surface area contributed by atoms with Crippen molar-refractivity contribution in [2.45, 2.75) is 6.92 Å². The van der Waals surface area contributed by atoms with E-state index in [4.69, 9.17) is 0 Å². The molecule has 1 aromatic carbocycles. The van der Waals surface area contributed by atoms with Crippen molar-refractivity contribution < 1.29 is 14.7 Å². The minimum absolute atomic E-state index is 0.108. The van der Waals surface area contributed by atoms with Gasteiger partial charge < -0.3 is 15.7 Å². The lowest BCUT2D eigenvalue weighted by atomic mass is 10.2. The summed E-state index contributed by atoms with van der Waals surface area (Å²) >= 11 is 0. The van der Waals surface area contributed by atoms with Crippen LogP contribution >= 0.6 is 0 Å². The molecule has 5 heteroatoms.